The number of hydrogen-bond donors (Lipinski definition) is 1. The lowest BCUT2D eigenvalue weighted by atomic mass is 9.85. The van der Waals surface area contributed by atoms with Crippen LogP contribution in [0.15, 0.2) is 29.2 Å². The molecule has 5 rings (SSSR count). The summed E-state index contributed by atoms with van der Waals surface area (Å²) < 4.78 is 37.0. The Morgan fingerprint density at radius 3 is 2.50 bits per heavy atom. The van der Waals surface area contributed by atoms with Gasteiger partial charge in [0.2, 0.25) is 15.9 Å². The Labute approximate surface area is 202 Å². The van der Waals surface area contributed by atoms with Gasteiger partial charge in [-0.3, -0.25) is 4.79 Å². The smallest absolute Gasteiger partial charge is 0.240 e. The molecule has 2 aromatic rings. The van der Waals surface area contributed by atoms with Crippen LogP contribution in [-0.4, -0.2) is 55.6 Å². The largest absolute Gasteiger partial charge is 0.377 e. The summed E-state index contributed by atoms with van der Waals surface area (Å²) in [4.78, 5) is 15.5. The maximum absolute atomic E-state index is 13.2. The summed E-state index contributed by atoms with van der Waals surface area (Å²) >= 11 is 0. The Morgan fingerprint density at radius 2 is 1.82 bits per heavy atom. The quantitative estimate of drug-likeness (QED) is 0.673. The van der Waals surface area contributed by atoms with Crippen molar-refractivity contribution < 1.29 is 17.9 Å². The molecule has 3 aliphatic rings. The van der Waals surface area contributed by atoms with Crippen LogP contribution in [0.1, 0.15) is 64.0 Å². The second kappa shape index (κ2) is 9.28. The van der Waals surface area contributed by atoms with Crippen molar-refractivity contribution in [3.05, 3.63) is 30.0 Å². The molecule has 0 radical (unpaired) electrons. The number of amides is 1. The fourth-order valence-electron chi connectivity index (χ4n) is 5.70. The molecule has 2 aliphatic carbocycles. The Hall–Kier alpha value is -1.90. The minimum Gasteiger partial charge on any atom is -0.377 e. The molecule has 1 aliphatic heterocycles. The first-order valence-corrected chi connectivity index (χ1v) is 14.2. The van der Waals surface area contributed by atoms with Crippen LogP contribution in [0.5, 0.6) is 0 Å². The summed E-state index contributed by atoms with van der Waals surface area (Å²) in [5.74, 6) is 1.15. The van der Waals surface area contributed by atoms with Gasteiger partial charge >= 0.3 is 0 Å². The number of aryl methyl sites for hydroxylation is 1. The number of carbonyl (C=O) groups excluding carboxylic acids is 1. The number of aromatic nitrogens is 1. The Bertz CT molecular complexity index is 1160. The van der Waals surface area contributed by atoms with E-state index >= 15 is 0 Å². The van der Waals surface area contributed by atoms with Crippen molar-refractivity contribution in [3.63, 3.8) is 0 Å². The van der Waals surface area contributed by atoms with Gasteiger partial charge in [-0.1, -0.05) is 19.9 Å². The molecule has 0 spiro atoms. The summed E-state index contributed by atoms with van der Waals surface area (Å²) in [6.07, 6.45) is 5.23. The molecule has 1 atom stereocenters. The molecule has 186 valence electrons. The molecule has 0 bridgehead atoms. The number of benzene rings is 1. The van der Waals surface area contributed by atoms with E-state index in [1.54, 1.807) is 12.1 Å². The molecule has 34 heavy (non-hydrogen) atoms. The number of nitrogens with one attached hydrogen (secondary N) is 1. The van der Waals surface area contributed by atoms with Gasteiger partial charge in [-0.05, 0) is 73.9 Å². The predicted octanol–water partition coefficient (Wildman–Crippen LogP) is 3.78. The van der Waals surface area contributed by atoms with Crippen molar-refractivity contribution in [1.82, 2.24) is 14.2 Å². The minimum atomic E-state index is -3.62. The highest BCUT2D eigenvalue weighted by Gasteiger charge is 2.36. The van der Waals surface area contributed by atoms with Crippen LogP contribution < -0.4 is 4.72 Å². The number of hydrogen-bond acceptors (Lipinski definition) is 4. The molecule has 2 heterocycles. The summed E-state index contributed by atoms with van der Waals surface area (Å²) in [5.41, 5.74) is 2.25. The van der Waals surface area contributed by atoms with Crippen molar-refractivity contribution in [2.75, 3.05) is 19.8 Å². The van der Waals surface area contributed by atoms with E-state index in [2.05, 4.69) is 29.2 Å². The number of rotatable bonds is 6. The first kappa shape index (κ1) is 23.8. The zero-order valence-electron chi connectivity index (χ0n) is 20.5. The van der Waals surface area contributed by atoms with Gasteiger partial charge in [0.05, 0.1) is 24.2 Å². The predicted molar refractivity (Wildman–Crippen MR) is 132 cm³/mol. The maximum atomic E-state index is 13.2. The van der Waals surface area contributed by atoms with E-state index in [0.717, 1.165) is 23.7 Å². The van der Waals surface area contributed by atoms with E-state index in [4.69, 9.17) is 4.74 Å². The van der Waals surface area contributed by atoms with Gasteiger partial charge in [0.25, 0.3) is 0 Å². The van der Waals surface area contributed by atoms with Gasteiger partial charge in [-0.2, -0.15) is 0 Å². The number of ether oxygens (including phenoxy) is 1. The first-order chi connectivity index (χ1) is 16.2. The Balaban J connectivity index is 1.23. The van der Waals surface area contributed by atoms with Gasteiger partial charge in [0, 0.05) is 36.8 Å². The first-order valence-electron chi connectivity index (χ1n) is 12.7. The normalized spacial score (nSPS) is 26.4. The fraction of sp³-hybridized carbons (Fsp3) is 0.654. The molecule has 7 nitrogen and oxygen atoms in total. The third-order valence-corrected chi connectivity index (χ3v) is 9.49. The SMILES string of the molecule is CC(C)C1COCCN1C(=O)[C@H]1CC[C@H](NS(=O)(=O)c2ccc3cc(C4CC4)n(C)c3c2)CC1. The molecule has 8 heteroatoms. The van der Waals surface area contributed by atoms with Crippen molar-refractivity contribution in [2.24, 2.45) is 18.9 Å². The van der Waals surface area contributed by atoms with Crippen molar-refractivity contribution in [3.8, 4) is 0 Å². The number of carbonyl (C=O) groups is 1. The van der Waals surface area contributed by atoms with E-state index in [0.29, 0.717) is 49.3 Å². The summed E-state index contributed by atoms with van der Waals surface area (Å²) in [6, 6.07) is 7.60. The van der Waals surface area contributed by atoms with Crippen molar-refractivity contribution >= 4 is 26.8 Å². The molecule has 3 fully saturated rings. The summed E-state index contributed by atoms with van der Waals surface area (Å²) in [6.45, 7) is 6.11. The maximum Gasteiger partial charge on any atom is 0.240 e. The lowest BCUT2D eigenvalue weighted by molar-refractivity contribution is -0.147. The van der Waals surface area contributed by atoms with Crippen LogP contribution in [0.3, 0.4) is 0 Å². The molecule has 1 unspecified atom stereocenters. The van der Waals surface area contributed by atoms with Gasteiger partial charge < -0.3 is 14.2 Å². The van der Waals surface area contributed by atoms with E-state index in [1.165, 1.54) is 18.5 Å². The number of nitrogens with zero attached hydrogens (tertiary/aromatic N) is 2. The summed E-state index contributed by atoms with van der Waals surface area (Å²) in [5, 5.41) is 1.09. The van der Waals surface area contributed by atoms with E-state index < -0.39 is 10.0 Å². The molecule has 1 amide bonds. The lowest BCUT2D eigenvalue weighted by Gasteiger charge is -2.41. The van der Waals surface area contributed by atoms with Crippen molar-refractivity contribution in [2.45, 2.75) is 75.3 Å². The highest BCUT2D eigenvalue weighted by Crippen LogP contribution is 2.42. The van der Waals surface area contributed by atoms with Crippen LogP contribution in [0.2, 0.25) is 0 Å². The van der Waals surface area contributed by atoms with Crippen LogP contribution in [0.4, 0.5) is 0 Å². The van der Waals surface area contributed by atoms with Crippen molar-refractivity contribution in [1.29, 1.82) is 0 Å². The molecule has 1 N–H and O–H groups in total. The number of morpholine rings is 1. The highest BCUT2D eigenvalue weighted by molar-refractivity contribution is 7.89. The second-order valence-corrected chi connectivity index (χ2v) is 12.4. The average Bonchev–Trinajstić information content (AvgIpc) is 3.62. The van der Waals surface area contributed by atoms with Gasteiger partial charge in [0.1, 0.15) is 0 Å². The molecule has 1 saturated heterocycles. The molecular formula is C26H37N3O4S. The van der Waals surface area contributed by atoms with Crippen LogP contribution >= 0.6 is 0 Å². The molecule has 1 aromatic heterocycles. The topological polar surface area (TPSA) is 80.6 Å². The molecular weight excluding hydrogens is 450 g/mol. The fourth-order valence-corrected chi connectivity index (χ4v) is 7.02. The van der Waals surface area contributed by atoms with Crippen LogP contribution in [-0.2, 0) is 26.6 Å². The highest BCUT2D eigenvalue weighted by atomic mass is 32.2. The molecule has 1 aromatic carbocycles. The second-order valence-electron chi connectivity index (χ2n) is 10.7. The Kier molecular flexibility index (Phi) is 6.50. The third kappa shape index (κ3) is 4.64. The number of sulfonamides is 1. The van der Waals surface area contributed by atoms with E-state index in [1.807, 2.05) is 18.0 Å². The summed E-state index contributed by atoms with van der Waals surface area (Å²) in [7, 11) is -1.59. The average molecular weight is 488 g/mol. The zero-order chi connectivity index (χ0) is 24.0. The van der Waals surface area contributed by atoms with Crippen LogP contribution in [0.25, 0.3) is 10.9 Å². The standard InChI is InChI=1S/C26H37N3O4S/c1-17(2)25-16-33-13-12-29(25)26(30)19-6-9-21(10-7-19)27-34(31,32)22-11-8-20-14-23(18-4-5-18)28(3)24(20)15-22/h8,11,14-15,17-19,21,25,27H,4-7,9-10,12-13,16H2,1-3H3/t19-,21-,25?. The Morgan fingerprint density at radius 1 is 1.09 bits per heavy atom. The van der Waals surface area contributed by atoms with E-state index in [9.17, 15) is 13.2 Å². The minimum absolute atomic E-state index is 0.0272. The lowest BCUT2D eigenvalue weighted by Crippen LogP contribution is -2.53. The van der Waals surface area contributed by atoms with Gasteiger partial charge in [0.15, 0.2) is 0 Å². The van der Waals surface area contributed by atoms with Gasteiger partial charge in [-0.15, -0.1) is 0 Å². The van der Waals surface area contributed by atoms with Gasteiger partial charge in [-0.25, -0.2) is 13.1 Å². The monoisotopic (exact) mass is 487 g/mol. The zero-order valence-corrected chi connectivity index (χ0v) is 21.3. The number of fused-ring (bicyclic) bond motifs is 1. The van der Waals surface area contributed by atoms with Crippen LogP contribution in [0, 0.1) is 11.8 Å². The third-order valence-electron chi connectivity index (χ3n) is 7.98. The molecule has 2 saturated carbocycles. The van der Waals surface area contributed by atoms with E-state index in [-0.39, 0.29) is 23.9 Å².